The Kier molecular flexibility index (Phi) is 8.20. The summed E-state index contributed by atoms with van der Waals surface area (Å²) in [6, 6.07) is 6.33. The second-order valence-electron chi connectivity index (χ2n) is 7.51. The second kappa shape index (κ2) is 11.3. The van der Waals surface area contributed by atoms with Crippen LogP contribution in [0.15, 0.2) is 24.3 Å². The minimum Gasteiger partial charge on any atom is -0.504 e. The molecule has 10 heteroatoms. The number of hydrogen-bond acceptors (Lipinski definition) is 7. The summed E-state index contributed by atoms with van der Waals surface area (Å²) < 4.78 is 16.3. The molecular weight excluding hydrogens is 428 g/mol. The maximum absolute atomic E-state index is 11.8. The number of phenols is 1. The predicted molar refractivity (Wildman–Crippen MR) is 124 cm³/mol. The van der Waals surface area contributed by atoms with E-state index in [9.17, 15) is 14.7 Å². The summed E-state index contributed by atoms with van der Waals surface area (Å²) >= 11 is 0. The van der Waals surface area contributed by atoms with Gasteiger partial charge in [-0.05, 0) is 56.1 Å². The number of ether oxygens (including phenoxy) is 3. The molecule has 0 unspecified atom stereocenters. The molecule has 0 saturated heterocycles. The average molecular weight is 459 g/mol. The van der Waals surface area contributed by atoms with Crippen LogP contribution < -0.4 is 35.9 Å². The molecular formula is C23H30N4O6. The van der Waals surface area contributed by atoms with E-state index in [0.29, 0.717) is 61.0 Å². The zero-order valence-electron chi connectivity index (χ0n) is 18.8. The zero-order valence-corrected chi connectivity index (χ0v) is 18.8. The normalized spacial score (nSPS) is 12.5. The van der Waals surface area contributed by atoms with E-state index < -0.39 is 6.03 Å². The van der Waals surface area contributed by atoms with Gasteiger partial charge in [0, 0.05) is 12.0 Å². The third-order valence-electron chi connectivity index (χ3n) is 5.32. The first-order chi connectivity index (χ1) is 15.9. The molecule has 0 atom stereocenters. The molecule has 10 nitrogen and oxygen atoms in total. The summed E-state index contributed by atoms with van der Waals surface area (Å²) in [6.45, 7) is 1.89. The lowest BCUT2D eigenvalue weighted by molar-refractivity contribution is -0.116. The van der Waals surface area contributed by atoms with Gasteiger partial charge in [-0.15, -0.1) is 0 Å². The van der Waals surface area contributed by atoms with Crippen molar-refractivity contribution in [1.82, 2.24) is 5.32 Å². The maximum atomic E-state index is 11.8. The Balaban J connectivity index is 1.47. The first-order valence-corrected chi connectivity index (χ1v) is 10.7. The van der Waals surface area contributed by atoms with Crippen LogP contribution in [0.4, 0.5) is 16.2 Å². The van der Waals surface area contributed by atoms with Crippen molar-refractivity contribution in [3.05, 3.63) is 35.4 Å². The molecule has 3 rings (SSSR count). The Bertz CT molecular complexity index is 1010. The number of carbonyl (C=O) groups excluding carboxylic acids is 2. The SMILES string of the molecule is COc1ccc(CCNCCCOc2ccc(NC(N)=O)c3c2CCC(=O)N3)c(O)c1OC. The molecule has 0 aliphatic carbocycles. The fourth-order valence-corrected chi connectivity index (χ4v) is 3.71. The molecule has 178 valence electrons. The molecule has 3 amide bonds. The molecule has 0 fully saturated rings. The summed E-state index contributed by atoms with van der Waals surface area (Å²) in [5.74, 6) is 1.48. The number of urea groups is 1. The zero-order chi connectivity index (χ0) is 23.8. The number of nitrogens with two attached hydrogens (primary N) is 1. The highest BCUT2D eigenvalue weighted by atomic mass is 16.5. The fraction of sp³-hybridized carbons (Fsp3) is 0.391. The van der Waals surface area contributed by atoms with Gasteiger partial charge in [0.25, 0.3) is 0 Å². The molecule has 0 spiro atoms. The molecule has 2 aromatic rings. The van der Waals surface area contributed by atoms with E-state index in [4.69, 9.17) is 19.9 Å². The Labute approximate surface area is 192 Å². The van der Waals surface area contributed by atoms with E-state index in [0.717, 1.165) is 24.1 Å². The molecule has 0 bridgehead atoms. The highest BCUT2D eigenvalue weighted by molar-refractivity contribution is 6.02. The summed E-state index contributed by atoms with van der Waals surface area (Å²) in [5, 5.41) is 19.0. The van der Waals surface area contributed by atoms with E-state index in [1.54, 1.807) is 18.2 Å². The van der Waals surface area contributed by atoms with Crippen LogP contribution in [0.1, 0.15) is 24.0 Å². The highest BCUT2D eigenvalue weighted by Gasteiger charge is 2.22. The van der Waals surface area contributed by atoms with Gasteiger partial charge in [0.15, 0.2) is 11.5 Å². The van der Waals surface area contributed by atoms with E-state index in [2.05, 4.69) is 16.0 Å². The third kappa shape index (κ3) is 5.98. The van der Waals surface area contributed by atoms with Crippen LogP contribution in [-0.4, -0.2) is 51.0 Å². The molecule has 0 aromatic heterocycles. The van der Waals surface area contributed by atoms with Gasteiger partial charge in [-0.1, -0.05) is 6.07 Å². The molecule has 6 N–H and O–H groups in total. The third-order valence-corrected chi connectivity index (χ3v) is 5.32. The Morgan fingerprint density at radius 1 is 1.12 bits per heavy atom. The van der Waals surface area contributed by atoms with Gasteiger partial charge in [-0.2, -0.15) is 0 Å². The standard InChI is InChI=1S/C23H30N4O6/c1-31-18-7-4-14(21(29)22(18)32-2)10-12-25-11-3-13-33-17-8-6-16(26-23(24)30)20-15(17)5-9-19(28)27-20/h4,6-8,25,29H,3,5,9-13H2,1-2H3,(H,27,28)(H3,24,26,30). The lowest BCUT2D eigenvalue weighted by Crippen LogP contribution is -2.25. The molecule has 2 aromatic carbocycles. The summed E-state index contributed by atoms with van der Waals surface area (Å²) in [6.07, 6.45) is 2.28. The first-order valence-electron chi connectivity index (χ1n) is 10.7. The number of aromatic hydroxyl groups is 1. The van der Waals surface area contributed by atoms with Crippen LogP contribution in [0.2, 0.25) is 0 Å². The van der Waals surface area contributed by atoms with Gasteiger partial charge >= 0.3 is 6.03 Å². The van der Waals surface area contributed by atoms with E-state index in [1.165, 1.54) is 14.2 Å². The highest BCUT2D eigenvalue weighted by Crippen LogP contribution is 2.39. The molecule has 1 aliphatic heterocycles. The van der Waals surface area contributed by atoms with E-state index in [1.807, 2.05) is 6.07 Å². The van der Waals surface area contributed by atoms with Crippen LogP contribution in [0.3, 0.4) is 0 Å². The number of primary amides is 1. The van der Waals surface area contributed by atoms with Gasteiger partial charge in [-0.25, -0.2) is 4.79 Å². The maximum Gasteiger partial charge on any atom is 0.316 e. The van der Waals surface area contributed by atoms with Crippen molar-refractivity contribution in [2.75, 3.05) is 44.5 Å². The molecule has 33 heavy (non-hydrogen) atoms. The van der Waals surface area contributed by atoms with Gasteiger partial charge < -0.3 is 41.0 Å². The Hall–Kier alpha value is -3.66. The smallest absolute Gasteiger partial charge is 0.316 e. The Morgan fingerprint density at radius 2 is 1.91 bits per heavy atom. The second-order valence-corrected chi connectivity index (χ2v) is 7.51. The monoisotopic (exact) mass is 458 g/mol. The number of methoxy groups -OCH3 is 2. The molecule has 0 saturated carbocycles. The van der Waals surface area contributed by atoms with E-state index in [-0.39, 0.29) is 11.7 Å². The van der Waals surface area contributed by atoms with Gasteiger partial charge in [-0.3, -0.25) is 4.79 Å². The van der Waals surface area contributed by atoms with Gasteiger partial charge in [0.1, 0.15) is 5.75 Å². The number of rotatable bonds is 11. The average Bonchev–Trinajstić information content (AvgIpc) is 2.79. The van der Waals surface area contributed by atoms with Crippen molar-refractivity contribution in [2.45, 2.75) is 25.7 Å². The number of anilines is 2. The number of carbonyl (C=O) groups is 2. The minimum absolute atomic E-state index is 0.0909. The van der Waals surface area contributed by atoms with Crippen LogP contribution in [0, 0.1) is 0 Å². The van der Waals surface area contributed by atoms with Crippen LogP contribution in [-0.2, 0) is 17.6 Å². The largest absolute Gasteiger partial charge is 0.504 e. The van der Waals surface area contributed by atoms with Crippen molar-refractivity contribution in [2.24, 2.45) is 5.73 Å². The number of nitrogens with one attached hydrogen (secondary N) is 3. The lowest BCUT2D eigenvalue weighted by atomic mass is 10.0. The summed E-state index contributed by atoms with van der Waals surface area (Å²) in [5.41, 5.74) is 7.83. The lowest BCUT2D eigenvalue weighted by Gasteiger charge is -2.23. The van der Waals surface area contributed by atoms with Crippen molar-refractivity contribution >= 4 is 23.3 Å². The van der Waals surface area contributed by atoms with E-state index >= 15 is 0 Å². The number of fused-ring (bicyclic) bond motifs is 1. The van der Waals surface area contributed by atoms with Gasteiger partial charge in [0.05, 0.1) is 32.2 Å². The predicted octanol–water partition coefficient (Wildman–Crippen LogP) is 2.39. The van der Waals surface area contributed by atoms with Crippen molar-refractivity contribution in [3.8, 4) is 23.0 Å². The minimum atomic E-state index is -0.696. The van der Waals surface area contributed by atoms with Crippen molar-refractivity contribution in [3.63, 3.8) is 0 Å². The quantitative estimate of drug-likeness (QED) is 0.325. The first kappa shape index (κ1) is 24.0. The molecule has 1 aliphatic rings. The van der Waals surface area contributed by atoms with Gasteiger partial charge in [0.2, 0.25) is 11.7 Å². The van der Waals surface area contributed by atoms with Crippen LogP contribution in [0.25, 0.3) is 0 Å². The summed E-state index contributed by atoms with van der Waals surface area (Å²) in [7, 11) is 3.02. The number of benzene rings is 2. The van der Waals surface area contributed by atoms with Crippen molar-refractivity contribution < 1.29 is 28.9 Å². The molecule has 0 radical (unpaired) electrons. The Morgan fingerprint density at radius 3 is 2.64 bits per heavy atom. The number of amides is 3. The topological polar surface area (TPSA) is 144 Å². The van der Waals surface area contributed by atoms with Crippen LogP contribution >= 0.6 is 0 Å². The van der Waals surface area contributed by atoms with Crippen molar-refractivity contribution in [1.29, 1.82) is 0 Å². The fourth-order valence-electron chi connectivity index (χ4n) is 3.71. The number of phenolic OH excluding ortho intramolecular Hbond substituents is 1. The molecule has 1 heterocycles. The van der Waals surface area contributed by atoms with Crippen LogP contribution in [0.5, 0.6) is 23.0 Å². The number of hydrogen-bond donors (Lipinski definition) is 5. The summed E-state index contributed by atoms with van der Waals surface area (Å²) in [4.78, 5) is 23.0.